The number of hydrogen-bond acceptors (Lipinski definition) is 3. The van der Waals surface area contributed by atoms with Crippen molar-refractivity contribution in [2.45, 2.75) is 38.7 Å². The average molecular weight is 263 g/mol. The molecule has 0 aromatic heterocycles. The molecule has 2 saturated heterocycles. The first kappa shape index (κ1) is 15.2. The van der Waals surface area contributed by atoms with E-state index in [4.69, 9.17) is 4.74 Å². The number of hydrogen-bond donors (Lipinski definition) is 1. The summed E-state index contributed by atoms with van der Waals surface area (Å²) in [7, 11) is 2.25. The first-order valence-corrected chi connectivity index (χ1v) is 6.69. The first-order chi connectivity index (χ1) is 7.68. The Kier molecular flexibility index (Phi) is 6.21. The van der Waals surface area contributed by atoms with Gasteiger partial charge in [-0.25, -0.2) is 0 Å². The van der Waals surface area contributed by atoms with E-state index in [0.29, 0.717) is 11.5 Å². The molecule has 102 valence electrons. The molecule has 0 saturated carbocycles. The Bertz CT molecular complexity index is 213. The third kappa shape index (κ3) is 4.74. The van der Waals surface area contributed by atoms with Gasteiger partial charge in [0.25, 0.3) is 0 Å². The van der Waals surface area contributed by atoms with Crippen molar-refractivity contribution in [3.8, 4) is 0 Å². The zero-order valence-electron chi connectivity index (χ0n) is 11.2. The molecular formula is C13H27ClN2O. The molecule has 17 heavy (non-hydrogen) atoms. The lowest BCUT2D eigenvalue weighted by atomic mass is 9.89. The van der Waals surface area contributed by atoms with E-state index in [-0.39, 0.29) is 12.4 Å². The molecule has 0 spiro atoms. The van der Waals surface area contributed by atoms with Gasteiger partial charge in [0.2, 0.25) is 0 Å². The molecule has 2 fully saturated rings. The molecule has 2 aliphatic rings. The minimum atomic E-state index is 0. The Balaban J connectivity index is 0.00000144. The first-order valence-electron chi connectivity index (χ1n) is 6.69. The highest BCUT2D eigenvalue weighted by molar-refractivity contribution is 5.85. The Hall–Kier alpha value is 0.170. The van der Waals surface area contributed by atoms with Gasteiger partial charge in [0.15, 0.2) is 0 Å². The summed E-state index contributed by atoms with van der Waals surface area (Å²) in [5.41, 5.74) is 0.491. The second kappa shape index (κ2) is 6.93. The summed E-state index contributed by atoms with van der Waals surface area (Å²) in [5.74, 6) is 0. The summed E-state index contributed by atoms with van der Waals surface area (Å²) < 4.78 is 5.66. The minimum Gasteiger partial charge on any atom is -0.378 e. The van der Waals surface area contributed by atoms with Crippen LogP contribution in [0.3, 0.4) is 0 Å². The Labute approximate surface area is 112 Å². The smallest absolute Gasteiger partial charge is 0.0588 e. The van der Waals surface area contributed by atoms with Gasteiger partial charge in [-0.2, -0.15) is 0 Å². The Morgan fingerprint density at radius 2 is 2.29 bits per heavy atom. The number of halogens is 1. The van der Waals surface area contributed by atoms with Gasteiger partial charge in [0.05, 0.1) is 6.10 Å². The van der Waals surface area contributed by atoms with Crippen LogP contribution in [0.2, 0.25) is 0 Å². The normalized spacial score (nSPS) is 33.0. The zero-order chi connectivity index (χ0) is 11.4. The Morgan fingerprint density at radius 3 is 2.88 bits per heavy atom. The van der Waals surface area contributed by atoms with Crippen molar-refractivity contribution < 1.29 is 4.74 Å². The van der Waals surface area contributed by atoms with Crippen molar-refractivity contribution in [2.75, 3.05) is 39.8 Å². The largest absolute Gasteiger partial charge is 0.378 e. The lowest BCUT2D eigenvalue weighted by Crippen LogP contribution is -2.36. The quantitative estimate of drug-likeness (QED) is 0.819. The van der Waals surface area contributed by atoms with E-state index < -0.39 is 0 Å². The predicted molar refractivity (Wildman–Crippen MR) is 73.9 cm³/mol. The fraction of sp³-hybridized carbons (Fsp3) is 1.00. The van der Waals surface area contributed by atoms with Gasteiger partial charge in [-0.05, 0) is 44.7 Å². The molecule has 0 aliphatic carbocycles. The molecule has 2 heterocycles. The number of rotatable bonds is 5. The molecule has 3 nitrogen and oxygen atoms in total. The fourth-order valence-electron chi connectivity index (χ4n) is 2.97. The monoisotopic (exact) mass is 262 g/mol. The molecule has 2 rings (SSSR count). The fourth-order valence-corrected chi connectivity index (χ4v) is 2.97. The summed E-state index contributed by atoms with van der Waals surface area (Å²) in [6.07, 6.45) is 5.59. The molecule has 0 aromatic carbocycles. The lowest BCUT2D eigenvalue weighted by Gasteiger charge is -2.29. The van der Waals surface area contributed by atoms with Crippen molar-refractivity contribution in [2.24, 2.45) is 5.41 Å². The van der Waals surface area contributed by atoms with Crippen molar-refractivity contribution in [1.29, 1.82) is 0 Å². The van der Waals surface area contributed by atoms with Crippen LogP contribution in [0.25, 0.3) is 0 Å². The highest BCUT2D eigenvalue weighted by Crippen LogP contribution is 2.25. The van der Waals surface area contributed by atoms with Gasteiger partial charge in [-0.3, -0.25) is 0 Å². The summed E-state index contributed by atoms with van der Waals surface area (Å²) in [6.45, 7) is 8.14. The maximum atomic E-state index is 5.66. The molecule has 0 radical (unpaired) electrons. The number of nitrogens with one attached hydrogen (secondary N) is 1. The second-order valence-electron chi connectivity index (χ2n) is 5.90. The highest BCUT2D eigenvalue weighted by Gasteiger charge is 2.29. The highest BCUT2D eigenvalue weighted by atomic mass is 35.5. The van der Waals surface area contributed by atoms with E-state index in [0.717, 1.165) is 6.61 Å². The summed E-state index contributed by atoms with van der Waals surface area (Å²) >= 11 is 0. The lowest BCUT2D eigenvalue weighted by molar-refractivity contribution is 0.0899. The van der Waals surface area contributed by atoms with Crippen LogP contribution in [0.4, 0.5) is 0 Å². The molecule has 0 amide bonds. The molecule has 0 bridgehead atoms. The molecular weight excluding hydrogens is 236 g/mol. The number of nitrogens with zero attached hydrogens (tertiary/aromatic N) is 1. The van der Waals surface area contributed by atoms with E-state index in [1.807, 2.05) is 0 Å². The molecule has 2 unspecified atom stereocenters. The van der Waals surface area contributed by atoms with Crippen LogP contribution < -0.4 is 5.32 Å². The van der Waals surface area contributed by atoms with Crippen molar-refractivity contribution in [3.63, 3.8) is 0 Å². The summed E-state index contributed by atoms with van der Waals surface area (Å²) in [6, 6.07) is 0. The number of ether oxygens (including phenoxy) is 1. The van der Waals surface area contributed by atoms with Crippen LogP contribution >= 0.6 is 12.4 Å². The van der Waals surface area contributed by atoms with Gasteiger partial charge in [0, 0.05) is 26.2 Å². The van der Waals surface area contributed by atoms with Gasteiger partial charge in [0.1, 0.15) is 0 Å². The van der Waals surface area contributed by atoms with Crippen LogP contribution in [0.5, 0.6) is 0 Å². The van der Waals surface area contributed by atoms with Gasteiger partial charge < -0.3 is 15.0 Å². The van der Waals surface area contributed by atoms with E-state index in [1.165, 1.54) is 51.9 Å². The van der Waals surface area contributed by atoms with Gasteiger partial charge in [-0.15, -0.1) is 12.4 Å². The van der Waals surface area contributed by atoms with Crippen LogP contribution in [-0.2, 0) is 4.74 Å². The molecule has 2 atom stereocenters. The van der Waals surface area contributed by atoms with Gasteiger partial charge >= 0.3 is 0 Å². The van der Waals surface area contributed by atoms with Gasteiger partial charge in [-0.1, -0.05) is 6.92 Å². The van der Waals surface area contributed by atoms with Crippen LogP contribution in [0.15, 0.2) is 0 Å². The molecule has 2 aliphatic heterocycles. The maximum absolute atomic E-state index is 5.66. The third-order valence-corrected chi connectivity index (χ3v) is 3.97. The van der Waals surface area contributed by atoms with E-state index in [9.17, 15) is 0 Å². The standard InChI is InChI=1S/C13H26N2O.ClH/c1-13(6-7-14-10-13)11-15(2)8-5-12-4-3-9-16-12;/h12,14H,3-11H2,1-2H3;1H. The molecule has 0 aromatic rings. The van der Waals surface area contributed by atoms with Crippen LogP contribution in [0.1, 0.15) is 32.6 Å². The predicted octanol–water partition coefficient (Wildman–Crippen LogP) is 1.91. The maximum Gasteiger partial charge on any atom is 0.0588 e. The average Bonchev–Trinajstić information content (AvgIpc) is 2.86. The SMILES string of the molecule is CN(CCC1CCCO1)CC1(C)CCNC1.Cl. The van der Waals surface area contributed by atoms with Crippen molar-refractivity contribution in [1.82, 2.24) is 10.2 Å². The molecule has 1 N–H and O–H groups in total. The topological polar surface area (TPSA) is 24.5 Å². The minimum absolute atomic E-state index is 0. The van der Waals surface area contributed by atoms with Crippen LogP contribution in [0, 0.1) is 5.41 Å². The van der Waals surface area contributed by atoms with E-state index in [2.05, 4.69) is 24.2 Å². The molecule has 4 heteroatoms. The zero-order valence-corrected chi connectivity index (χ0v) is 12.0. The third-order valence-electron chi connectivity index (χ3n) is 3.97. The summed E-state index contributed by atoms with van der Waals surface area (Å²) in [5, 5.41) is 3.46. The van der Waals surface area contributed by atoms with Crippen molar-refractivity contribution >= 4 is 12.4 Å². The van der Waals surface area contributed by atoms with E-state index in [1.54, 1.807) is 0 Å². The van der Waals surface area contributed by atoms with Crippen molar-refractivity contribution in [3.05, 3.63) is 0 Å². The summed E-state index contributed by atoms with van der Waals surface area (Å²) in [4.78, 5) is 2.48. The van der Waals surface area contributed by atoms with E-state index >= 15 is 0 Å². The Morgan fingerprint density at radius 1 is 1.47 bits per heavy atom. The van der Waals surface area contributed by atoms with Crippen LogP contribution in [-0.4, -0.2) is 50.8 Å². The second-order valence-corrected chi connectivity index (χ2v) is 5.90.